The van der Waals surface area contributed by atoms with Crippen molar-refractivity contribution >= 4 is 35.2 Å². The Hall–Kier alpha value is -3.25. The molecule has 48 heavy (non-hydrogen) atoms. The molecule has 1 aromatic carbocycles. The lowest BCUT2D eigenvalue weighted by Gasteiger charge is -2.33. The molecule has 0 bridgehead atoms. The number of amides is 2. The number of halogens is 2. The number of alkyl halides is 2. The molecule has 2 aliphatic heterocycles. The van der Waals surface area contributed by atoms with Crippen LogP contribution in [0.2, 0.25) is 0 Å². The molecule has 2 saturated heterocycles. The van der Waals surface area contributed by atoms with E-state index in [1.807, 2.05) is 58.2 Å². The molecular formula is C36H51F2N5O4S. The third-order valence-corrected chi connectivity index (χ3v) is 10.3. The van der Waals surface area contributed by atoms with Crippen LogP contribution in [0.5, 0.6) is 5.88 Å². The van der Waals surface area contributed by atoms with E-state index < -0.39 is 18.4 Å². The highest BCUT2D eigenvalue weighted by molar-refractivity contribution is 8.07. The first kappa shape index (κ1) is 37.6. The number of carbonyl (C=O) groups is 2. The van der Waals surface area contributed by atoms with Gasteiger partial charge in [-0.3, -0.25) is 14.6 Å². The van der Waals surface area contributed by atoms with Crippen LogP contribution < -0.4 is 10.1 Å². The van der Waals surface area contributed by atoms with Crippen molar-refractivity contribution in [1.82, 2.24) is 20.3 Å². The van der Waals surface area contributed by atoms with Gasteiger partial charge in [0.05, 0.1) is 12.3 Å². The van der Waals surface area contributed by atoms with Crippen molar-refractivity contribution in [2.75, 3.05) is 39.0 Å². The zero-order valence-corrected chi connectivity index (χ0v) is 29.7. The average Bonchev–Trinajstić information content (AvgIpc) is 3.74. The highest BCUT2D eigenvalue weighted by Gasteiger charge is 2.40. The number of allylic oxidation sites excluding steroid dienone is 1. The van der Waals surface area contributed by atoms with E-state index in [4.69, 9.17) is 9.26 Å². The third-order valence-electron chi connectivity index (χ3n) is 9.36. The topological polar surface area (TPSA) is 100 Å². The number of benzene rings is 1. The monoisotopic (exact) mass is 687 g/mol. The van der Waals surface area contributed by atoms with E-state index in [2.05, 4.69) is 27.1 Å². The molecule has 2 fully saturated rings. The Labute approximate surface area is 287 Å². The van der Waals surface area contributed by atoms with E-state index in [1.54, 1.807) is 22.7 Å². The van der Waals surface area contributed by atoms with Crippen LogP contribution in [0.25, 0.3) is 4.91 Å². The maximum atomic E-state index is 13.9. The lowest BCUT2D eigenvalue weighted by molar-refractivity contribution is -0.140. The summed E-state index contributed by atoms with van der Waals surface area (Å²) >= 11 is 1.62. The number of nitrogens with one attached hydrogen (secondary N) is 1. The molecule has 2 amide bonds. The summed E-state index contributed by atoms with van der Waals surface area (Å²) in [4.78, 5) is 36.3. The second-order valence-electron chi connectivity index (χ2n) is 13.5. The molecule has 0 saturated carbocycles. The molecule has 1 aromatic heterocycles. The van der Waals surface area contributed by atoms with E-state index in [1.165, 1.54) is 0 Å². The molecule has 0 aliphatic carbocycles. The summed E-state index contributed by atoms with van der Waals surface area (Å²) in [6.45, 7) is 15.1. The van der Waals surface area contributed by atoms with Crippen molar-refractivity contribution in [2.45, 2.75) is 84.7 Å². The van der Waals surface area contributed by atoms with Gasteiger partial charge in [-0.05, 0) is 92.7 Å². The van der Waals surface area contributed by atoms with Gasteiger partial charge in [0.1, 0.15) is 12.0 Å². The Morgan fingerprint density at radius 1 is 1.15 bits per heavy atom. The summed E-state index contributed by atoms with van der Waals surface area (Å²) < 4.78 is 37.0. The zero-order chi connectivity index (χ0) is 34.8. The van der Waals surface area contributed by atoms with Crippen LogP contribution in [-0.4, -0.2) is 85.0 Å². The van der Waals surface area contributed by atoms with Crippen molar-refractivity contribution < 1.29 is 27.6 Å². The predicted molar refractivity (Wildman–Crippen MR) is 187 cm³/mol. The number of hydrogen-bond donors (Lipinski definition) is 1. The summed E-state index contributed by atoms with van der Waals surface area (Å²) in [7, 11) is 0. The molecular weight excluding hydrogens is 636 g/mol. The van der Waals surface area contributed by atoms with Gasteiger partial charge in [-0.2, -0.15) is 0 Å². The van der Waals surface area contributed by atoms with Crippen molar-refractivity contribution in [1.29, 1.82) is 0 Å². The van der Waals surface area contributed by atoms with E-state index in [9.17, 15) is 18.4 Å². The van der Waals surface area contributed by atoms with Gasteiger partial charge < -0.3 is 24.4 Å². The van der Waals surface area contributed by atoms with Gasteiger partial charge in [-0.1, -0.05) is 45.0 Å². The van der Waals surface area contributed by atoms with Gasteiger partial charge in [0.2, 0.25) is 18.2 Å². The zero-order valence-electron chi connectivity index (χ0n) is 28.9. The normalized spacial score (nSPS) is 19.4. The van der Waals surface area contributed by atoms with Crippen LogP contribution in [0.1, 0.15) is 82.6 Å². The Bertz CT molecular complexity index is 1390. The lowest BCUT2D eigenvalue weighted by atomic mass is 9.91. The van der Waals surface area contributed by atoms with Crippen molar-refractivity contribution in [3.05, 3.63) is 52.9 Å². The third kappa shape index (κ3) is 10.1. The van der Waals surface area contributed by atoms with E-state index >= 15 is 0 Å². The number of aromatic nitrogens is 1. The molecule has 3 atom stereocenters. The molecule has 12 heteroatoms. The highest BCUT2D eigenvalue weighted by atomic mass is 32.2. The van der Waals surface area contributed by atoms with Crippen LogP contribution >= 0.6 is 11.8 Å². The minimum atomic E-state index is -2.26. The number of piperidine rings is 1. The Morgan fingerprint density at radius 3 is 2.48 bits per heavy atom. The summed E-state index contributed by atoms with van der Waals surface area (Å²) in [5, 5.41) is 7.14. The standard InChI is InChI=1S/C36H51F2N5O4S/c1-23(2)33(30-19-32(41-47-30)46-22-27-13-16-42(17-14-27)21-24(3)18-31(37)38)36(45)43-15-7-8-29(43)35(44)40-20-26-9-11-28(12-10-26)34(48-6)25(4)39-5/h9-12,19,23-24,27,29,31,33H,5,7-8,13-18,20-22H2,1-4,6H3,(H,40,44)/b34-25-. The van der Waals surface area contributed by atoms with Crippen molar-refractivity contribution in [2.24, 2.45) is 22.7 Å². The lowest BCUT2D eigenvalue weighted by Crippen LogP contribution is -2.47. The summed E-state index contributed by atoms with van der Waals surface area (Å²) in [6.07, 6.45) is 2.88. The largest absolute Gasteiger partial charge is 0.475 e. The van der Waals surface area contributed by atoms with Crippen LogP contribution in [0.3, 0.4) is 0 Å². The number of ether oxygens (including phenoxy) is 1. The van der Waals surface area contributed by atoms with Gasteiger partial charge in [-0.15, -0.1) is 11.8 Å². The van der Waals surface area contributed by atoms with Gasteiger partial charge in [-0.25, -0.2) is 8.78 Å². The minimum Gasteiger partial charge on any atom is -0.475 e. The summed E-state index contributed by atoms with van der Waals surface area (Å²) in [6, 6.07) is 9.16. The fourth-order valence-electron chi connectivity index (χ4n) is 6.69. The molecule has 0 radical (unpaired) electrons. The van der Waals surface area contributed by atoms with Gasteiger partial charge in [0.15, 0.2) is 5.76 Å². The molecule has 0 spiro atoms. The molecule has 4 rings (SSSR count). The molecule has 264 valence electrons. The number of likely N-dealkylation sites (tertiary alicyclic amines) is 2. The molecule has 1 N–H and O–H groups in total. The Morgan fingerprint density at radius 2 is 1.85 bits per heavy atom. The predicted octanol–water partition coefficient (Wildman–Crippen LogP) is 6.86. The first-order valence-electron chi connectivity index (χ1n) is 17.0. The number of thioether (sulfide) groups is 1. The number of rotatable bonds is 16. The average molecular weight is 688 g/mol. The summed E-state index contributed by atoms with van der Waals surface area (Å²) in [5.74, 6) is 0.0802. The smallest absolute Gasteiger partial charge is 0.254 e. The molecule has 2 aromatic rings. The number of hydrogen-bond acceptors (Lipinski definition) is 8. The van der Waals surface area contributed by atoms with Gasteiger partial charge in [0, 0.05) is 37.0 Å². The molecule has 9 nitrogen and oxygen atoms in total. The number of nitrogens with zero attached hydrogens (tertiary/aromatic N) is 4. The molecule has 3 heterocycles. The first-order chi connectivity index (χ1) is 23.0. The van der Waals surface area contributed by atoms with Crippen LogP contribution in [0, 0.1) is 17.8 Å². The maximum absolute atomic E-state index is 13.9. The SMILES string of the molecule is C=N/C(C)=C(\SC)c1ccc(CNC(=O)C2CCCN2C(=O)C(c2cc(OCC3CCN(CC(C)CC(F)F)CC3)no2)C(C)C)cc1. The quantitative estimate of drug-likeness (QED) is 0.193. The second kappa shape index (κ2) is 17.9. The first-order valence-corrected chi connectivity index (χ1v) is 18.2. The van der Waals surface area contributed by atoms with E-state index in [0.29, 0.717) is 50.2 Å². The van der Waals surface area contributed by atoms with Gasteiger partial charge in [0.25, 0.3) is 5.88 Å². The fraction of sp³-hybridized carbons (Fsp3) is 0.611. The van der Waals surface area contributed by atoms with E-state index in [0.717, 1.165) is 54.1 Å². The maximum Gasteiger partial charge on any atom is 0.254 e. The minimum absolute atomic E-state index is 0.0295. The summed E-state index contributed by atoms with van der Waals surface area (Å²) in [5.41, 5.74) is 2.88. The highest BCUT2D eigenvalue weighted by Crippen LogP contribution is 2.33. The van der Waals surface area contributed by atoms with Crippen LogP contribution in [0.15, 0.2) is 45.5 Å². The Kier molecular flexibility index (Phi) is 14.0. The van der Waals surface area contributed by atoms with Crippen LogP contribution in [-0.2, 0) is 16.1 Å². The fourth-order valence-corrected chi connectivity index (χ4v) is 7.42. The number of aliphatic imine (C=N–C) groups is 1. The second-order valence-corrected chi connectivity index (χ2v) is 14.3. The van der Waals surface area contributed by atoms with Crippen molar-refractivity contribution in [3.63, 3.8) is 0 Å². The number of carbonyl (C=O) groups excluding carboxylic acids is 2. The molecule has 3 unspecified atom stereocenters. The van der Waals surface area contributed by atoms with E-state index in [-0.39, 0.29) is 30.1 Å². The van der Waals surface area contributed by atoms with Crippen molar-refractivity contribution in [3.8, 4) is 5.88 Å². The van der Waals surface area contributed by atoms with Gasteiger partial charge >= 0.3 is 0 Å². The molecule has 2 aliphatic rings. The Balaban J connectivity index is 1.29. The van der Waals surface area contributed by atoms with Crippen LogP contribution in [0.4, 0.5) is 8.78 Å².